The van der Waals surface area contributed by atoms with Crippen LogP contribution in [0.25, 0.3) is 10.8 Å². The molecule has 0 bridgehead atoms. The van der Waals surface area contributed by atoms with Gasteiger partial charge in [-0.2, -0.15) is 13.2 Å². The van der Waals surface area contributed by atoms with E-state index >= 15 is 0 Å². The van der Waals surface area contributed by atoms with E-state index in [1.807, 2.05) is 24.3 Å². The van der Waals surface area contributed by atoms with Gasteiger partial charge in [0.2, 0.25) is 0 Å². The zero-order chi connectivity index (χ0) is 19.4. The van der Waals surface area contributed by atoms with E-state index in [-0.39, 0.29) is 5.75 Å². The van der Waals surface area contributed by atoms with Crippen molar-refractivity contribution in [2.45, 2.75) is 11.2 Å². The van der Waals surface area contributed by atoms with Gasteiger partial charge in [0.15, 0.2) is 0 Å². The number of fused-ring (bicyclic) bond motifs is 1. The van der Waals surface area contributed by atoms with Gasteiger partial charge >= 0.3 is 12.1 Å². The van der Waals surface area contributed by atoms with E-state index in [0.29, 0.717) is 16.5 Å². The number of thioether (sulfide) groups is 1. The highest BCUT2D eigenvalue weighted by atomic mass is 32.2. The van der Waals surface area contributed by atoms with Crippen LogP contribution in [-0.2, 0) is 11.0 Å². The average molecular weight is 393 g/mol. The van der Waals surface area contributed by atoms with Crippen molar-refractivity contribution in [1.29, 1.82) is 0 Å². The molecule has 0 aliphatic carbocycles. The van der Waals surface area contributed by atoms with Gasteiger partial charge in [0, 0.05) is 6.20 Å². The van der Waals surface area contributed by atoms with Crippen LogP contribution in [0.2, 0.25) is 0 Å². The Hall–Kier alpha value is -2.74. The molecule has 0 fully saturated rings. The number of halogens is 3. The lowest BCUT2D eigenvalue weighted by atomic mass is 10.1. The minimum absolute atomic E-state index is 0.0749. The summed E-state index contributed by atoms with van der Waals surface area (Å²) < 4.78 is 48.0. The third kappa shape index (κ3) is 4.91. The zero-order valence-corrected chi connectivity index (χ0v) is 14.9. The molecule has 140 valence electrons. The number of hydrogen-bond donors (Lipinski definition) is 0. The lowest BCUT2D eigenvalue weighted by Gasteiger charge is -2.08. The van der Waals surface area contributed by atoms with Crippen molar-refractivity contribution in [3.8, 4) is 11.5 Å². The third-order valence-corrected chi connectivity index (χ3v) is 4.57. The van der Waals surface area contributed by atoms with Gasteiger partial charge in [0.25, 0.3) is 0 Å². The molecule has 0 amide bonds. The summed E-state index contributed by atoms with van der Waals surface area (Å²) in [6, 6.07) is 12.9. The highest BCUT2D eigenvalue weighted by Crippen LogP contribution is 2.30. The van der Waals surface area contributed by atoms with E-state index in [1.165, 1.54) is 6.07 Å². The Morgan fingerprint density at radius 3 is 2.37 bits per heavy atom. The van der Waals surface area contributed by atoms with Gasteiger partial charge in [-0.25, -0.2) is 4.98 Å². The fourth-order valence-electron chi connectivity index (χ4n) is 2.32. The Bertz CT molecular complexity index is 959. The molecule has 0 saturated carbocycles. The van der Waals surface area contributed by atoms with Crippen molar-refractivity contribution in [3.05, 3.63) is 60.3 Å². The van der Waals surface area contributed by atoms with Gasteiger partial charge in [-0.15, -0.1) is 0 Å². The molecular formula is C19H14F3NO3S. The van der Waals surface area contributed by atoms with E-state index in [0.717, 1.165) is 34.8 Å². The number of alkyl halides is 3. The molecule has 1 aromatic heterocycles. The van der Waals surface area contributed by atoms with Crippen LogP contribution in [0, 0.1) is 0 Å². The fourth-order valence-corrected chi connectivity index (χ4v) is 2.94. The number of pyridine rings is 1. The van der Waals surface area contributed by atoms with Crippen LogP contribution >= 0.6 is 11.8 Å². The van der Waals surface area contributed by atoms with Crippen LogP contribution in [0.15, 0.2) is 59.8 Å². The third-order valence-electron chi connectivity index (χ3n) is 3.65. The first kappa shape index (κ1) is 19.0. The molecule has 4 nitrogen and oxygen atoms in total. The molecule has 2 aromatic carbocycles. The number of carbonyl (C=O) groups excluding carboxylic acids is 1. The maximum Gasteiger partial charge on any atom is 0.417 e. The first-order valence-electron chi connectivity index (χ1n) is 7.80. The summed E-state index contributed by atoms with van der Waals surface area (Å²) in [7, 11) is 1.57. The second-order valence-electron chi connectivity index (χ2n) is 5.52. The predicted octanol–water partition coefficient (Wildman–Crippen LogP) is 4.96. The van der Waals surface area contributed by atoms with Gasteiger partial charge in [-0.1, -0.05) is 23.9 Å². The fraction of sp³-hybridized carbons (Fsp3) is 0.158. The van der Waals surface area contributed by atoms with E-state index in [4.69, 9.17) is 9.47 Å². The number of ether oxygens (including phenoxy) is 2. The van der Waals surface area contributed by atoms with Crippen LogP contribution in [0.4, 0.5) is 13.2 Å². The van der Waals surface area contributed by atoms with Crippen molar-refractivity contribution in [1.82, 2.24) is 4.98 Å². The Kier molecular flexibility index (Phi) is 5.55. The summed E-state index contributed by atoms with van der Waals surface area (Å²) in [6.07, 6.45) is -3.70. The molecule has 0 aliphatic heterocycles. The van der Waals surface area contributed by atoms with E-state index < -0.39 is 17.7 Å². The minimum atomic E-state index is -4.44. The van der Waals surface area contributed by atoms with Gasteiger partial charge in [0.05, 0.1) is 23.5 Å². The normalized spacial score (nSPS) is 11.4. The Morgan fingerprint density at radius 2 is 1.74 bits per heavy atom. The Labute approximate surface area is 157 Å². The first-order valence-corrected chi connectivity index (χ1v) is 8.78. The van der Waals surface area contributed by atoms with E-state index in [1.54, 1.807) is 19.2 Å². The molecule has 0 N–H and O–H groups in total. The lowest BCUT2D eigenvalue weighted by molar-refractivity contribution is -0.138. The number of methoxy groups -OCH3 is 1. The summed E-state index contributed by atoms with van der Waals surface area (Å²) >= 11 is 1.00. The molecule has 0 atom stereocenters. The highest BCUT2D eigenvalue weighted by molar-refractivity contribution is 7.99. The quantitative estimate of drug-likeness (QED) is 0.348. The SMILES string of the molecule is COc1ccc2ccc(OC(=O)CSc3ccc(C(F)(F)F)cn3)cc2c1. The number of hydrogen-bond acceptors (Lipinski definition) is 5. The number of benzene rings is 2. The van der Waals surface area contributed by atoms with Crippen LogP contribution in [-0.4, -0.2) is 23.8 Å². The van der Waals surface area contributed by atoms with Crippen LogP contribution in [0.5, 0.6) is 11.5 Å². The maximum atomic E-state index is 12.5. The molecule has 0 radical (unpaired) electrons. The molecule has 0 spiro atoms. The molecule has 0 aliphatic rings. The van der Waals surface area contributed by atoms with Crippen LogP contribution in [0.1, 0.15) is 5.56 Å². The zero-order valence-electron chi connectivity index (χ0n) is 14.1. The monoisotopic (exact) mass is 393 g/mol. The maximum absolute atomic E-state index is 12.5. The lowest BCUT2D eigenvalue weighted by Crippen LogP contribution is -2.11. The Balaban J connectivity index is 1.61. The molecule has 3 aromatic rings. The van der Waals surface area contributed by atoms with Crippen molar-refractivity contribution >= 4 is 28.5 Å². The van der Waals surface area contributed by atoms with Crippen LogP contribution in [0.3, 0.4) is 0 Å². The second-order valence-corrected chi connectivity index (χ2v) is 6.52. The summed E-state index contributed by atoms with van der Waals surface area (Å²) in [4.78, 5) is 15.7. The van der Waals surface area contributed by atoms with Gasteiger partial charge in [-0.3, -0.25) is 4.79 Å². The Morgan fingerprint density at radius 1 is 1.04 bits per heavy atom. The second kappa shape index (κ2) is 7.87. The number of esters is 1. The summed E-state index contributed by atoms with van der Waals surface area (Å²) in [5, 5.41) is 2.14. The number of carbonyl (C=O) groups is 1. The summed E-state index contributed by atoms with van der Waals surface area (Å²) in [5.41, 5.74) is -0.832. The number of rotatable bonds is 5. The van der Waals surface area contributed by atoms with Gasteiger partial charge < -0.3 is 9.47 Å². The molecule has 0 saturated heterocycles. The smallest absolute Gasteiger partial charge is 0.417 e. The van der Waals surface area contributed by atoms with E-state index in [9.17, 15) is 18.0 Å². The topological polar surface area (TPSA) is 48.4 Å². The van der Waals surface area contributed by atoms with Crippen molar-refractivity contribution in [2.24, 2.45) is 0 Å². The highest BCUT2D eigenvalue weighted by Gasteiger charge is 2.30. The number of nitrogens with zero attached hydrogens (tertiary/aromatic N) is 1. The molecule has 0 unspecified atom stereocenters. The first-order chi connectivity index (χ1) is 12.8. The van der Waals surface area contributed by atoms with Crippen LogP contribution < -0.4 is 9.47 Å². The summed E-state index contributed by atoms with van der Waals surface area (Å²) in [5.74, 6) is 0.467. The molecule has 8 heteroatoms. The van der Waals surface area contributed by atoms with E-state index in [2.05, 4.69) is 4.98 Å². The molecule has 27 heavy (non-hydrogen) atoms. The predicted molar refractivity (Wildman–Crippen MR) is 96.1 cm³/mol. The summed E-state index contributed by atoms with van der Waals surface area (Å²) in [6.45, 7) is 0. The number of aromatic nitrogens is 1. The largest absolute Gasteiger partial charge is 0.497 e. The van der Waals surface area contributed by atoms with Crippen molar-refractivity contribution < 1.29 is 27.4 Å². The standard InChI is InChI=1S/C19H14F3NO3S/c1-25-15-5-2-12-3-6-16(9-13(12)8-15)26-18(24)11-27-17-7-4-14(10-23-17)19(20,21)22/h2-10H,11H2,1H3. The minimum Gasteiger partial charge on any atom is -0.497 e. The molecule has 3 rings (SSSR count). The average Bonchev–Trinajstić information content (AvgIpc) is 2.65. The molecular weight excluding hydrogens is 379 g/mol. The van der Waals surface area contributed by atoms with Crippen molar-refractivity contribution in [2.75, 3.05) is 12.9 Å². The van der Waals surface area contributed by atoms with Crippen molar-refractivity contribution in [3.63, 3.8) is 0 Å². The van der Waals surface area contributed by atoms with Gasteiger partial charge in [-0.05, 0) is 47.2 Å². The van der Waals surface area contributed by atoms with Gasteiger partial charge in [0.1, 0.15) is 11.5 Å². The molecule has 1 heterocycles.